The first-order chi connectivity index (χ1) is 13.0. The number of nitrogens with one attached hydrogen (secondary N) is 1. The summed E-state index contributed by atoms with van der Waals surface area (Å²) in [5.41, 5.74) is 4.09. The molecule has 0 fully saturated rings. The van der Waals surface area contributed by atoms with E-state index in [1.165, 1.54) is 0 Å². The van der Waals surface area contributed by atoms with Crippen LogP contribution in [0.3, 0.4) is 0 Å². The average Bonchev–Trinajstić information content (AvgIpc) is 3.26. The summed E-state index contributed by atoms with van der Waals surface area (Å²) in [4.78, 5) is 22.2. The van der Waals surface area contributed by atoms with Crippen LogP contribution in [-0.2, 0) is 16.2 Å². The maximum Gasteiger partial charge on any atom is 0.264 e. The van der Waals surface area contributed by atoms with E-state index in [2.05, 4.69) is 15.5 Å². The summed E-state index contributed by atoms with van der Waals surface area (Å²) in [7, 11) is 0. The molecule has 138 valence electrons. The topological polar surface area (TPSA) is 68.0 Å². The zero-order valence-corrected chi connectivity index (χ0v) is 16.0. The molecule has 2 aromatic heterocycles. The van der Waals surface area contributed by atoms with Crippen LogP contribution in [0.2, 0.25) is 10.0 Å². The highest BCUT2D eigenvalue weighted by molar-refractivity contribution is 6.37. The second-order valence-electron chi connectivity index (χ2n) is 6.38. The molecule has 1 N–H and O–H groups in total. The Morgan fingerprint density at radius 2 is 2.15 bits per heavy atom. The number of aryl methyl sites for hydroxylation is 1. The molecule has 1 amide bonds. The van der Waals surface area contributed by atoms with Gasteiger partial charge in [-0.1, -0.05) is 40.5 Å². The number of nitrogens with zero attached hydrogens (tertiary/aromatic N) is 3. The number of rotatable bonds is 4. The number of fused-ring (bicyclic) bond motifs is 1. The monoisotopic (exact) mass is 402 g/mol. The second-order valence-corrected chi connectivity index (χ2v) is 7.23. The first kappa shape index (κ1) is 17.8. The fourth-order valence-electron chi connectivity index (χ4n) is 2.93. The molecule has 0 bridgehead atoms. The molecule has 4 rings (SSSR count). The highest BCUT2D eigenvalue weighted by atomic mass is 35.5. The average molecular weight is 403 g/mol. The summed E-state index contributed by atoms with van der Waals surface area (Å²) in [5, 5.41) is 7.87. The van der Waals surface area contributed by atoms with E-state index in [1.807, 2.05) is 35.9 Å². The molecular weight excluding hydrogens is 387 g/mol. The molecule has 0 unspecified atom stereocenters. The van der Waals surface area contributed by atoms with E-state index >= 15 is 0 Å². The van der Waals surface area contributed by atoms with Gasteiger partial charge in [0.25, 0.3) is 5.91 Å². The van der Waals surface area contributed by atoms with Crippen molar-refractivity contribution in [1.29, 1.82) is 0 Å². The molecule has 0 saturated heterocycles. The lowest BCUT2D eigenvalue weighted by atomic mass is 10.0. The Bertz CT molecular complexity index is 1060. The van der Waals surface area contributed by atoms with E-state index in [0.29, 0.717) is 34.3 Å². The number of hydrogen-bond acceptors (Lipinski definition) is 4. The molecule has 27 heavy (non-hydrogen) atoms. The Labute approximate surface area is 165 Å². The van der Waals surface area contributed by atoms with Crippen molar-refractivity contribution in [3.8, 4) is 0 Å². The maximum atomic E-state index is 12.4. The van der Waals surface area contributed by atoms with E-state index < -0.39 is 6.10 Å². The Kier molecular flexibility index (Phi) is 4.76. The number of imidazole rings is 1. The third-order valence-electron chi connectivity index (χ3n) is 4.30. The minimum atomic E-state index is -0.689. The second kappa shape index (κ2) is 7.21. The lowest BCUT2D eigenvalue weighted by molar-refractivity contribution is -0.131. The summed E-state index contributed by atoms with van der Waals surface area (Å²) in [5.74, 6) is -0.243. The van der Waals surface area contributed by atoms with E-state index in [-0.39, 0.29) is 5.91 Å². The molecule has 1 aliphatic heterocycles. The summed E-state index contributed by atoms with van der Waals surface area (Å²) in [6, 6.07) is 9.07. The summed E-state index contributed by atoms with van der Waals surface area (Å²) >= 11 is 12.1. The van der Waals surface area contributed by atoms with Gasteiger partial charge in [-0.05, 0) is 30.7 Å². The largest absolute Gasteiger partial charge is 0.382 e. The number of carbonyl (C=O) groups is 1. The van der Waals surface area contributed by atoms with Crippen molar-refractivity contribution in [3.05, 3.63) is 69.6 Å². The smallest absolute Gasteiger partial charge is 0.264 e. The summed E-state index contributed by atoms with van der Waals surface area (Å²) in [6.07, 6.45) is 3.54. The Morgan fingerprint density at radius 3 is 2.96 bits per heavy atom. The molecule has 1 aromatic carbocycles. The molecule has 0 spiro atoms. The van der Waals surface area contributed by atoms with Gasteiger partial charge in [0.1, 0.15) is 5.65 Å². The van der Waals surface area contributed by atoms with Gasteiger partial charge < -0.3 is 14.6 Å². The third-order valence-corrected chi connectivity index (χ3v) is 4.84. The quantitative estimate of drug-likeness (QED) is 0.722. The van der Waals surface area contributed by atoms with Gasteiger partial charge >= 0.3 is 0 Å². The van der Waals surface area contributed by atoms with Crippen LogP contribution >= 0.6 is 23.2 Å². The number of halogens is 2. The van der Waals surface area contributed by atoms with Gasteiger partial charge in [0, 0.05) is 29.4 Å². The molecule has 0 radical (unpaired) electrons. The number of hydrogen-bond donors (Lipinski definition) is 1. The van der Waals surface area contributed by atoms with Gasteiger partial charge in [-0.15, -0.1) is 0 Å². The number of aromatic nitrogens is 2. The Morgan fingerprint density at radius 1 is 1.30 bits per heavy atom. The van der Waals surface area contributed by atoms with E-state index in [1.54, 1.807) is 18.2 Å². The lowest BCUT2D eigenvalue weighted by Crippen LogP contribution is -2.34. The molecule has 3 aromatic rings. The van der Waals surface area contributed by atoms with E-state index in [4.69, 9.17) is 28.0 Å². The van der Waals surface area contributed by atoms with Crippen LogP contribution in [0, 0.1) is 6.92 Å². The first-order valence-electron chi connectivity index (χ1n) is 8.39. The molecular formula is C19H16Cl2N4O2. The van der Waals surface area contributed by atoms with Gasteiger partial charge in [-0.25, -0.2) is 4.98 Å². The summed E-state index contributed by atoms with van der Waals surface area (Å²) in [6.45, 7) is 2.33. The van der Waals surface area contributed by atoms with Crippen molar-refractivity contribution >= 4 is 40.5 Å². The van der Waals surface area contributed by atoms with Crippen LogP contribution < -0.4 is 5.32 Å². The van der Waals surface area contributed by atoms with Crippen molar-refractivity contribution in [2.45, 2.75) is 26.0 Å². The van der Waals surface area contributed by atoms with Crippen LogP contribution in [0.5, 0.6) is 0 Å². The fourth-order valence-corrected chi connectivity index (χ4v) is 3.45. The predicted molar refractivity (Wildman–Crippen MR) is 104 cm³/mol. The zero-order chi connectivity index (χ0) is 19.0. The highest BCUT2D eigenvalue weighted by Crippen LogP contribution is 2.26. The third kappa shape index (κ3) is 3.77. The van der Waals surface area contributed by atoms with Crippen molar-refractivity contribution in [3.63, 3.8) is 0 Å². The minimum absolute atomic E-state index is 0.243. The van der Waals surface area contributed by atoms with Crippen molar-refractivity contribution in [1.82, 2.24) is 14.7 Å². The van der Waals surface area contributed by atoms with Gasteiger partial charge in [0.15, 0.2) is 0 Å². The first-order valence-corrected chi connectivity index (χ1v) is 9.15. The fraction of sp³-hybridized carbons (Fsp3) is 0.211. The number of amides is 1. The van der Waals surface area contributed by atoms with Crippen LogP contribution in [0.4, 0.5) is 0 Å². The Balaban J connectivity index is 1.38. The van der Waals surface area contributed by atoms with Gasteiger partial charge in [-0.2, -0.15) is 0 Å². The van der Waals surface area contributed by atoms with Gasteiger partial charge in [0.05, 0.1) is 23.0 Å². The van der Waals surface area contributed by atoms with Gasteiger partial charge in [-0.3, -0.25) is 4.79 Å². The predicted octanol–water partition coefficient (Wildman–Crippen LogP) is 3.76. The number of carbonyl (C=O) groups excluding carboxylic acids is 1. The van der Waals surface area contributed by atoms with Crippen molar-refractivity contribution in [2.24, 2.45) is 5.16 Å². The normalized spacial score (nSPS) is 16.3. The number of pyridine rings is 1. The van der Waals surface area contributed by atoms with E-state index in [9.17, 15) is 4.79 Å². The van der Waals surface area contributed by atoms with Crippen molar-refractivity contribution in [2.75, 3.05) is 0 Å². The maximum absolute atomic E-state index is 12.4. The lowest BCUT2D eigenvalue weighted by Gasteiger charge is -2.08. The zero-order valence-electron chi connectivity index (χ0n) is 14.4. The SMILES string of the molecule is Cc1ccc2nc(CNC(=O)[C@@H]3CC(c4ccc(Cl)cc4Cl)=NO3)cn2c1. The highest BCUT2D eigenvalue weighted by Gasteiger charge is 2.29. The molecule has 1 atom stereocenters. The van der Waals surface area contributed by atoms with Crippen LogP contribution in [0.1, 0.15) is 23.2 Å². The molecule has 0 saturated carbocycles. The number of benzene rings is 1. The van der Waals surface area contributed by atoms with Crippen molar-refractivity contribution < 1.29 is 9.63 Å². The molecule has 1 aliphatic rings. The van der Waals surface area contributed by atoms with Crippen LogP contribution in [0.15, 0.2) is 47.9 Å². The van der Waals surface area contributed by atoms with Crippen LogP contribution in [-0.4, -0.2) is 27.1 Å². The summed E-state index contributed by atoms with van der Waals surface area (Å²) < 4.78 is 1.94. The standard InChI is InChI=1S/C19H16Cl2N4O2/c1-11-2-5-18-23-13(10-25(18)9-11)8-22-19(26)17-7-16(24-27-17)14-4-3-12(20)6-15(14)21/h2-6,9-10,17H,7-8H2,1H3,(H,22,26)/t17-/m0/s1. The van der Waals surface area contributed by atoms with Gasteiger partial charge in [0.2, 0.25) is 6.10 Å². The number of oxime groups is 1. The molecule has 3 heterocycles. The van der Waals surface area contributed by atoms with E-state index in [0.717, 1.165) is 16.9 Å². The molecule has 0 aliphatic carbocycles. The minimum Gasteiger partial charge on any atom is -0.382 e. The van der Waals surface area contributed by atoms with Crippen LogP contribution in [0.25, 0.3) is 5.65 Å². The molecule has 6 nitrogen and oxygen atoms in total. The molecule has 8 heteroatoms. The Hall–Kier alpha value is -2.57.